The second-order valence-electron chi connectivity index (χ2n) is 15.5. The van der Waals surface area contributed by atoms with E-state index in [0.29, 0.717) is 13.2 Å². The number of hydroxylamine groups is 4. The van der Waals surface area contributed by atoms with Crippen molar-refractivity contribution in [2.24, 2.45) is 0 Å². The molecule has 6 fully saturated rings. The number of nitrogens with one attached hydrogen (secondary N) is 1. The van der Waals surface area contributed by atoms with Crippen molar-refractivity contribution < 1.29 is 9.53 Å². The van der Waals surface area contributed by atoms with Crippen LogP contribution in [0.25, 0.3) is 0 Å². The summed E-state index contributed by atoms with van der Waals surface area (Å²) < 4.78 is 5.55. The van der Waals surface area contributed by atoms with Gasteiger partial charge >= 0.3 is 6.03 Å². The fourth-order valence-corrected chi connectivity index (χ4v) is 11.0. The standard InChI is InChI=1S/C34H58N4O4/c1-42-23-22-36(29-26-33(18-10-4-11-19-33)38(41)34(27-29)20-12-5-13-21-34)30(39)35-28-24-31(14-6-2-7-15-31)37(40)32(25-28)16-8-3-9-17-32/h28-29H,2-27H2,1H3,(H,35,39)/q-2. The Bertz CT molecular complexity index is 849. The fourth-order valence-electron chi connectivity index (χ4n) is 11.0. The lowest BCUT2D eigenvalue weighted by Gasteiger charge is -2.67. The van der Waals surface area contributed by atoms with Gasteiger partial charge in [0.15, 0.2) is 0 Å². The first kappa shape index (κ1) is 31.1. The van der Waals surface area contributed by atoms with Crippen molar-refractivity contribution in [3.8, 4) is 0 Å². The van der Waals surface area contributed by atoms with Crippen LogP contribution in [0.15, 0.2) is 0 Å². The number of rotatable bonds is 5. The van der Waals surface area contributed by atoms with Crippen LogP contribution in [0.3, 0.4) is 0 Å². The molecule has 240 valence electrons. The summed E-state index contributed by atoms with van der Waals surface area (Å²) in [6.45, 7) is 1.05. The molecule has 2 aliphatic heterocycles. The van der Waals surface area contributed by atoms with Crippen LogP contribution < -0.4 is 5.32 Å². The highest BCUT2D eigenvalue weighted by Crippen LogP contribution is 2.53. The molecule has 2 heterocycles. The van der Waals surface area contributed by atoms with Crippen molar-refractivity contribution in [3.63, 3.8) is 0 Å². The molecular weight excluding hydrogens is 528 g/mol. The molecule has 0 aromatic heterocycles. The van der Waals surface area contributed by atoms with Crippen LogP contribution in [0.1, 0.15) is 154 Å². The molecular formula is C34H58N4O4-2. The third-order valence-corrected chi connectivity index (χ3v) is 12.9. The number of hydrogen-bond acceptors (Lipinski definition) is 6. The van der Waals surface area contributed by atoms with E-state index in [1.54, 1.807) is 17.2 Å². The highest BCUT2D eigenvalue weighted by molar-refractivity contribution is 5.75. The molecule has 4 saturated carbocycles. The minimum Gasteiger partial charge on any atom is -0.784 e. The quantitative estimate of drug-likeness (QED) is 0.361. The molecule has 6 aliphatic rings. The van der Waals surface area contributed by atoms with Gasteiger partial charge < -0.3 is 35.5 Å². The third kappa shape index (κ3) is 5.77. The number of nitrogens with zero attached hydrogens (tertiary/aromatic N) is 3. The topological polar surface area (TPSA) is 94.2 Å². The first-order valence-corrected chi connectivity index (χ1v) is 17.9. The fraction of sp³-hybridized carbons (Fsp3) is 0.971. The lowest BCUT2D eigenvalue weighted by Crippen LogP contribution is -2.69. The van der Waals surface area contributed by atoms with E-state index in [9.17, 15) is 15.2 Å². The van der Waals surface area contributed by atoms with E-state index in [4.69, 9.17) is 4.74 Å². The maximum atomic E-state index is 14.4. The summed E-state index contributed by atoms with van der Waals surface area (Å²) >= 11 is 0. The molecule has 0 bridgehead atoms. The maximum absolute atomic E-state index is 14.4. The van der Waals surface area contributed by atoms with E-state index in [2.05, 4.69) is 10.2 Å². The van der Waals surface area contributed by atoms with Crippen molar-refractivity contribution in [2.45, 2.75) is 188 Å². The Kier molecular flexibility index (Phi) is 9.48. The summed E-state index contributed by atoms with van der Waals surface area (Å²) in [4.78, 5) is 16.5. The highest BCUT2D eigenvalue weighted by Gasteiger charge is 2.53. The van der Waals surface area contributed by atoms with Gasteiger partial charge in [-0.25, -0.2) is 4.79 Å². The number of urea groups is 1. The van der Waals surface area contributed by atoms with Gasteiger partial charge in [-0.1, -0.05) is 77.0 Å². The van der Waals surface area contributed by atoms with E-state index in [1.807, 2.05) is 0 Å². The maximum Gasteiger partial charge on any atom is 0.317 e. The third-order valence-electron chi connectivity index (χ3n) is 12.9. The lowest BCUT2D eigenvalue weighted by atomic mass is 9.65. The number of carbonyl (C=O) groups excluding carboxylic acids is 1. The number of ether oxygens (including phenoxy) is 1. The Morgan fingerprint density at radius 3 is 1.38 bits per heavy atom. The molecule has 6 rings (SSSR count). The second-order valence-corrected chi connectivity index (χ2v) is 15.5. The zero-order valence-corrected chi connectivity index (χ0v) is 26.5. The summed E-state index contributed by atoms with van der Waals surface area (Å²) in [5.41, 5.74) is -1.32. The lowest BCUT2D eigenvalue weighted by molar-refractivity contribution is -0.0920. The van der Waals surface area contributed by atoms with Crippen LogP contribution >= 0.6 is 0 Å². The molecule has 0 aromatic carbocycles. The van der Waals surface area contributed by atoms with E-state index >= 15 is 0 Å². The van der Waals surface area contributed by atoms with Crippen molar-refractivity contribution in [3.05, 3.63) is 10.4 Å². The molecule has 0 unspecified atom stereocenters. The van der Waals surface area contributed by atoms with Gasteiger partial charge in [-0.05, 0) is 77.0 Å². The Hall–Kier alpha value is -0.930. The molecule has 1 N–H and O–H groups in total. The largest absolute Gasteiger partial charge is 0.784 e. The molecule has 4 spiro atoms. The molecule has 4 aliphatic carbocycles. The Labute approximate surface area is 254 Å². The van der Waals surface area contributed by atoms with E-state index in [-0.39, 0.29) is 40.3 Å². The van der Waals surface area contributed by atoms with Crippen LogP contribution in [0.5, 0.6) is 0 Å². The predicted molar refractivity (Wildman–Crippen MR) is 167 cm³/mol. The van der Waals surface area contributed by atoms with Gasteiger partial charge in [-0.2, -0.15) is 0 Å². The summed E-state index contributed by atoms with van der Waals surface area (Å²) in [5, 5.41) is 35.2. The van der Waals surface area contributed by atoms with Gasteiger partial charge in [-0.15, -0.1) is 0 Å². The average molecular weight is 587 g/mol. The number of hydrogen-bond donors (Lipinski definition) is 1. The van der Waals surface area contributed by atoms with Gasteiger partial charge in [0.05, 0.1) is 6.61 Å². The molecule has 2 amide bonds. The van der Waals surface area contributed by atoms with Crippen molar-refractivity contribution in [1.82, 2.24) is 20.3 Å². The molecule has 8 heteroatoms. The Balaban J connectivity index is 1.25. The van der Waals surface area contributed by atoms with E-state index in [1.165, 1.54) is 25.7 Å². The minimum atomic E-state index is -0.337. The van der Waals surface area contributed by atoms with Crippen LogP contribution in [-0.2, 0) is 4.74 Å². The number of methoxy groups -OCH3 is 1. The summed E-state index contributed by atoms with van der Waals surface area (Å²) in [6.07, 6.45) is 24.6. The SMILES string of the molecule is COCCN(C(=O)NC1CC2(CCCCC2)N([O-])C2(CCCCC2)C1)C1CC2(CCCCC2)N([O-])C2(CCCCC2)C1. The van der Waals surface area contributed by atoms with Gasteiger partial charge in [0.2, 0.25) is 0 Å². The normalized spacial score (nSPS) is 32.7. The Morgan fingerprint density at radius 1 is 0.667 bits per heavy atom. The second kappa shape index (κ2) is 12.8. The van der Waals surface area contributed by atoms with Gasteiger partial charge in [0.25, 0.3) is 0 Å². The zero-order chi connectivity index (χ0) is 29.3. The molecule has 8 nitrogen and oxygen atoms in total. The van der Waals surface area contributed by atoms with Crippen LogP contribution in [-0.4, -0.2) is 75.6 Å². The van der Waals surface area contributed by atoms with Crippen molar-refractivity contribution in [1.29, 1.82) is 0 Å². The minimum absolute atomic E-state index is 0.00888. The first-order valence-electron chi connectivity index (χ1n) is 17.9. The summed E-state index contributed by atoms with van der Waals surface area (Å²) in [5.74, 6) is 0. The summed E-state index contributed by atoms with van der Waals surface area (Å²) in [6, 6.07) is 0.0823. The van der Waals surface area contributed by atoms with E-state index < -0.39 is 0 Å². The molecule has 2 saturated heterocycles. The first-order chi connectivity index (χ1) is 20.4. The highest BCUT2D eigenvalue weighted by atomic mass is 16.5. The smallest absolute Gasteiger partial charge is 0.317 e. The van der Waals surface area contributed by atoms with Crippen molar-refractivity contribution in [2.75, 3.05) is 20.3 Å². The predicted octanol–water partition coefficient (Wildman–Crippen LogP) is 7.38. The van der Waals surface area contributed by atoms with Crippen LogP contribution in [0, 0.1) is 10.4 Å². The number of carbonyl (C=O) groups is 1. The van der Waals surface area contributed by atoms with Gasteiger partial charge in [0, 0.05) is 47.9 Å². The number of amides is 2. The van der Waals surface area contributed by atoms with Crippen molar-refractivity contribution >= 4 is 6.03 Å². The molecule has 0 atom stereocenters. The van der Waals surface area contributed by atoms with Gasteiger partial charge in [0.1, 0.15) is 0 Å². The molecule has 0 radical (unpaired) electrons. The molecule has 42 heavy (non-hydrogen) atoms. The number of piperidine rings is 2. The monoisotopic (exact) mass is 586 g/mol. The Morgan fingerprint density at radius 2 is 1.02 bits per heavy atom. The van der Waals surface area contributed by atoms with Gasteiger partial charge in [-0.3, -0.25) is 0 Å². The summed E-state index contributed by atoms with van der Waals surface area (Å²) in [7, 11) is 1.71. The van der Waals surface area contributed by atoms with Crippen LogP contribution in [0.4, 0.5) is 4.79 Å². The molecule has 0 aromatic rings. The average Bonchev–Trinajstić information content (AvgIpc) is 3.01. The zero-order valence-electron chi connectivity index (χ0n) is 26.5. The van der Waals surface area contributed by atoms with E-state index in [0.717, 1.165) is 128 Å². The van der Waals surface area contributed by atoms with Crippen LogP contribution in [0.2, 0.25) is 0 Å².